The van der Waals surface area contributed by atoms with E-state index in [1.807, 2.05) is 0 Å². The molecule has 6 N–H and O–H groups in total. The zero-order chi connectivity index (χ0) is 22.5. The Kier molecular flexibility index (Phi) is 7.23. The van der Waals surface area contributed by atoms with Gasteiger partial charge >= 0.3 is 5.97 Å². The van der Waals surface area contributed by atoms with Gasteiger partial charge in [-0.3, -0.25) is 14.4 Å². The average Bonchev–Trinajstić information content (AvgIpc) is 3.52. The van der Waals surface area contributed by atoms with E-state index in [4.69, 9.17) is 10.8 Å². The maximum Gasteiger partial charge on any atom is 0.326 e. The van der Waals surface area contributed by atoms with Gasteiger partial charge in [0.1, 0.15) is 24.2 Å². The Balaban J connectivity index is 1.76. The molecule has 2 saturated heterocycles. The van der Waals surface area contributed by atoms with E-state index >= 15 is 0 Å². The third-order valence-electron chi connectivity index (χ3n) is 5.77. The Morgan fingerprint density at radius 3 is 2.39 bits per heavy atom. The number of aliphatic carboxylic acids is 1. The van der Waals surface area contributed by atoms with Gasteiger partial charge in [-0.15, -0.1) is 0 Å². The highest BCUT2D eigenvalue weighted by atomic mass is 16.4. The van der Waals surface area contributed by atoms with Crippen LogP contribution in [0.25, 0.3) is 0 Å². The van der Waals surface area contributed by atoms with Crippen LogP contribution in [0, 0.1) is 0 Å². The summed E-state index contributed by atoms with van der Waals surface area (Å²) in [6, 6.07) is -3.87. The van der Waals surface area contributed by atoms with Crippen molar-refractivity contribution in [3.63, 3.8) is 0 Å². The van der Waals surface area contributed by atoms with Crippen LogP contribution in [0.5, 0.6) is 0 Å². The number of carbonyl (C=O) groups is 4. The van der Waals surface area contributed by atoms with Crippen LogP contribution in [0.3, 0.4) is 0 Å². The molecule has 4 unspecified atom stereocenters. The minimum absolute atomic E-state index is 0.101. The number of carbonyl (C=O) groups excluding carboxylic acids is 3. The molecule has 3 rings (SSSR count). The molecular formula is C19H28N6O6. The Morgan fingerprint density at radius 2 is 1.81 bits per heavy atom. The van der Waals surface area contributed by atoms with Crippen molar-refractivity contribution >= 4 is 23.7 Å². The number of carboxylic acids is 1. The van der Waals surface area contributed by atoms with Gasteiger partial charge in [-0.1, -0.05) is 0 Å². The highest BCUT2D eigenvalue weighted by Crippen LogP contribution is 2.21. The first-order valence-electron chi connectivity index (χ1n) is 10.3. The fourth-order valence-corrected chi connectivity index (χ4v) is 4.17. The number of aliphatic hydroxyl groups is 1. The minimum atomic E-state index is -1.11. The van der Waals surface area contributed by atoms with E-state index in [0.717, 1.165) is 0 Å². The second-order valence-electron chi connectivity index (χ2n) is 7.85. The molecule has 1 aromatic rings. The summed E-state index contributed by atoms with van der Waals surface area (Å²) in [7, 11) is 0. The van der Waals surface area contributed by atoms with Gasteiger partial charge in [0.2, 0.25) is 17.7 Å². The van der Waals surface area contributed by atoms with Gasteiger partial charge in [-0.05, 0) is 25.7 Å². The molecule has 2 aliphatic rings. The van der Waals surface area contributed by atoms with Gasteiger partial charge in [-0.25, -0.2) is 9.78 Å². The molecule has 2 fully saturated rings. The van der Waals surface area contributed by atoms with Crippen LogP contribution < -0.4 is 11.1 Å². The fourth-order valence-electron chi connectivity index (χ4n) is 4.17. The average molecular weight is 436 g/mol. The summed E-state index contributed by atoms with van der Waals surface area (Å²) in [5.74, 6) is -2.61. The molecule has 0 spiro atoms. The summed E-state index contributed by atoms with van der Waals surface area (Å²) >= 11 is 0. The predicted octanol–water partition coefficient (Wildman–Crippen LogP) is -2.18. The van der Waals surface area contributed by atoms with Gasteiger partial charge in [0, 0.05) is 31.4 Å². The first kappa shape index (κ1) is 22.7. The lowest BCUT2D eigenvalue weighted by Crippen LogP contribution is -2.57. The number of aromatic nitrogens is 2. The fraction of sp³-hybridized carbons (Fsp3) is 0.632. The monoisotopic (exact) mass is 436 g/mol. The number of carboxylic acid groups (broad SMARTS) is 1. The summed E-state index contributed by atoms with van der Waals surface area (Å²) in [5, 5.41) is 21.3. The summed E-state index contributed by atoms with van der Waals surface area (Å²) in [6.07, 6.45) is 4.99. The van der Waals surface area contributed by atoms with E-state index in [2.05, 4.69) is 15.3 Å². The van der Waals surface area contributed by atoms with E-state index in [9.17, 15) is 24.3 Å². The Hall–Kier alpha value is -2.99. The Labute approximate surface area is 178 Å². The van der Waals surface area contributed by atoms with Crippen LogP contribution in [-0.2, 0) is 25.6 Å². The molecule has 170 valence electrons. The second-order valence-corrected chi connectivity index (χ2v) is 7.85. The number of nitrogens with two attached hydrogens (primary N) is 1. The summed E-state index contributed by atoms with van der Waals surface area (Å²) in [4.78, 5) is 59.5. The molecule has 12 heteroatoms. The lowest BCUT2D eigenvalue weighted by molar-refractivity contribution is -0.149. The lowest BCUT2D eigenvalue weighted by atomic mass is 10.1. The zero-order valence-electron chi connectivity index (χ0n) is 17.1. The third-order valence-corrected chi connectivity index (χ3v) is 5.77. The Morgan fingerprint density at radius 1 is 1.16 bits per heavy atom. The molecule has 0 saturated carbocycles. The number of hydrogen-bond acceptors (Lipinski definition) is 7. The summed E-state index contributed by atoms with van der Waals surface area (Å²) < 4.78 is 0. The third kappa shape index (κ3) is 5.02. The van der Waals surface area contributed by atoms with Crippen LogP contribution in [0.4, 0.5) is 0 Å². The number of rotatable bonds is 8. The number of imidazole rings is 1. The Bertz CT molecular complexity index is 815. The molecule has 1 aromatic heterocycles. The number of likely N-dealkylation sites (tertiary alicyclic amines) is 2. The first-order chi connectivity index (χ1) is 14.8. The summed E-state index contributed by atoms with van der Waals surface area (Å²) in [5.41, 5.74) is 6.23. The van der Waals surface area contributed by atoms with Crippen molar-refractivity contribution in [1.82, 2.24) is 25.1 Å². The van der Waals surface area contributed by atoms with E-state index in [0.29, 0.717) is 44.5 Å². The van der Waals surface area contributed by atoms with Crippen LogP contribution in [0.2, 0.25) is 0 Å². The largest absolute Gasteiger partial charge is 0.480 e. The molecule has 0 aromatic carbocycles. The van der Waals surface area contributed by atoms with Gasteiger partial charge in [0.25, 0.3) is 0 Å². The van der Waals surface area contributed by atoms with Crippen molar-refractivity contribution in [1.29, 1.82) is 0 Å². The van der Waals surface area contributed by atoms with Crippen molar-refractivity contribution in [3.05, 3.63) is 18.2 Å². The topological polar surface area (TPSA) is 182 Å². The predicted molar refractivity (Wildman–Crippen MR) is 106 cm³/mol. The van der Waals surface area contributed by atoms with Gasteiger partial charge in [0.15, 0.2) is 0 Å². The molecule has 0 aliphatic carbocycles. The van der Waals surface area contributed by atoms with E-state index in [1.165, 1.54) is 22.3 Å². The molecule has 0 radical (unpaired) electrons. The van der Waals surface area contributed by atoms with Crippen molar-refractivity contribution in [3.8, 4) is 0 Å². The number of nitrogens with zero attached hydrogens (tertiary/aromatic N) is 3. The maximum atomic E-state index is 13.2. The van der Waals surface area contributed by atoms with Crippen LogP contribution in [-0.4, -0.2) is 97.5 Å². The molecular weight excluding hydrogens is 408 g/mol. The van der Waals surface area contributed by atoms with Gasteiger partial charge in [0.05, 0.1) is 12.9 Å². The quantitative estimate of drug-likeness (QED) is 0.305. The standard InChI is InChI=1S/C19H28N6O6/c20-12(9-26)17(28)24-5-1-3-14(24)16(27)23-13(7-11-8-21-10-22-11)18(29)25-6-2-4-15(25)19(30)31/h8,10,12-15,26H,1-7,9,20H2,(H,21,22)(H,23,27)(H,30,31). The first-order valence-corrected chi connectivity index (χ1v) is 10.3. The summed E-state index contributed by atoms with van der Waals surface area (Å²) in [6.45, 7) is 0.0949. The molecule has 4 atom stereocenters. The zero-order valence-corrected chi connectivity index (χ0v) is 17.1. The molecule has 0 bridgehead atoms. The number of hydrogen-bond donors (Lipinski definition) is 5. The van der Waals surface area contributed by atoms with Crippen molar-refractivity contribution < 1.29 is 29.4 Å². The second kappa shape index (κ2) is 9.88. The van der Waals surface area contributed by atoms with Gasteiger partial charge < -0.3 is 36.0 Å². The van der Waals surface area contributed by atoms with E-state index < -0.39 is 54.5 Å². The number of H-pyrrole nitrogens is 1. The molecule has 2 aliphatic heterocycles. The van der Waals surface area contributed by atoms with Gasteiger partial charge in [-0.2, -0.15) is 0 Å². The minimum Gasteiger partial charge on any atom is -0.480 e. The number of aromatic amines is 1. The lowest BCUT2D eigenvalue weighted by Gasteiger charge is -2.30. The number of nitrogens with one attached hydrogen (secondary N) is 2. The smallest absolute Gasteiger partial charge is 0.326 e. The molecule has 12 nitrogen and oxygen atoms in total. The van der Waals surface area contributed by atoms with Crippen molar-refractivity contribution in [2.45, 2.75) is 56.3 Å². The normalized spacial score (nSPS) is 22.9. The molecule has 3 amide bonds. The van der Waals surface area contributed by atoms with Crippen LogP contribution in [0.1, 0.15) is 31.4 Å². The number of aliphatic hydroxyl groups excluding tert-OH is 1. The van der Waals surface area contributed by atoms with Crippen LogP contribution >= 0.6 is 0 Å². The van der Waals surface area contributed by atoms with E-state index in [-0.39, 0.29) is 6.42 Å². The van der Waals surface area contributed by atoms with Crippen molar-refractivity contribution in [2.75, 3.05) is 19.7 Å². The van der Waals surface area contributed by atoms with Crippen molar-refractivity contribution in [2.24, 2.45) is 5.73 Å². The van der Waals surface area contributed by atoms with Crippen LogP contribution in [0.15, 0.2) is 12.5 Å². The molecule has 3 heterocycles. The molecule has 31 heavy (non-hydrogen) atoms. The highest BCUT2D eigenvalue weighted by Gasteiger charge is 2.40. The highest BCUT2D eigenvalue weighted by molar-refractivity contribution is 5.94. The number of amides is 3. The SMILES string of the molecule is NC(CO)C(=O)N1CCCC1C(=O)NC(Cc1cnc[nH]1)C(=O)N1CCCC1C(=O)O. The maximum absolute atomic E-state index is 13.2. The van der Waals surface area contributed by atoms with E-state index in [1.54, 1.807) is 0 Å².